The molecule has 0 heterocycles. The Morgan fingerprint density at radius 3 is 2.58 bits per heavy atom. The van der Waals surface area contributed by atoms with Crippen LogP contribution in [0.25, 0.3) is 0 Å². The highest BCUT2D eigenvalue weighted by atomic mass is 16.4. The maximum Gasteiger partial charge on any atom is 0.335 e. The van der Waals surface area contributed by atoms with Crippen LogP contribution in [-0.2, 0) is 24.1 Å². The first-order valence-corrected chi connectivity index (χ1v) is 9.27. The van der Waals surface area contributed by atoms with Crippen molar-refractivity contribution < 1.29 is 14.7 Å². The summed E-state index contributed by atoms with van der Waals surface area (Å²) >= 11 is 0. The van der Waals surface area contributed by atoms with Gasteiger partial charge in [0.2, 0.25) is 5.91 Å². The van der Waals surface area contributed by atoms with Crippen LogP contribution in [0.15, 0.2) is 42.5 Å². The molecule has 3 rings (SSSR count). The Hall–Kier alpha value is -2.62. The molecule has 2 N–H and O–H groups in total. The van der Waals surface area contributed by atoms with Crippen molar-refractivity contribution in [1.29, 1.82) is 0 Å². The Morgan fingerprint density at radius 2 is 1.81 bits per heavy atom. The number of aromatic carboxylic acids is 1. The Labute approximate surface area is 154 Å². The molecule has 1 aliphatic carbocycles. The number of rotatable bonds is 6. The summed E-state index contributed by atoms with van der Waals surface area (Å²) in [6.07, 6.45) is 5.47. The summed E-state index contributed by atoms with van der Waals surface area (Å²) in [6.45, 7) is 1.99. The van der Waals surface area contributed by atoms with E-state index in [2.05, 4.69) is 23.5 Å². The van der Waals surface area contributed by atoms with Gasteiger partial charge in [-0.1, -0.05) is 36.4 Å². The lowest BCUT2D eigenvalue weighted by atomic mass is 9.89. The summed E-state index contributed by atoms with van der Waals surface area (Å²) in [4.78, 5) is 23.6. The number of fused-ring (bicyclic) bond motifs is 1. The van der Waals surface area contributed by atoms with Crippen LogP contribution in [0.2, 0.25) is 0 Å². The number of amides is 1. The lowest BCUT2D eigenvalue weighted by molar-refractivity contribution is -0.121. The fourth-order valence-electron chi connectivity index (χ4n) is 3.61. The fourth-order valence-corrected chi connectivity index (χ4v) is 3.61. The number of carboxylic acids is 1. The third-order valence-corrected chi connectivity index (χ3v) is 5.12. The molecule has 0 radical (unpaired) electrons. The average Bonchev–Trinajstić information content (AvgIpc) is 2.66. The molecule has 0 saturated carbocycles. The highest BCUT2D eigenvalue weighted by Gasteiger charge is 2.15. The van der Waals surface area contributed by atoms with Crippen molar-refractivity contribution in [2.75, 3.05) is 0 Å². The standard InChI is InChI=1S/C22H25NO3/c1-15(18-11-10-16-6-2-3-8-19(16)14-18)23-21(24)13-12-17-7-4-5-9-20(17)22(25)26/h4-5,7,9-11,14-15H,2-3,6,8,12-13H2,1H3,(H,23,24)(H,25,26). The lowest BCUT2D eigenvalue weighted by Crippen LogP contribution is -2.27. The summed E-state index contributed by atoms with van der Waals surface area (Å²) in [5.41, 5.74) is 4.93. The van der Waals surface area contributed by atoms with E-state index in [0.29, 0.717) is 12.0 Å². The Balaban J connectivity index is 1.59. The van der Waals surface area contributed by atoms with Crippen LogP contribution in [0.1, 0.15) is 64.8 Å². The van der Waals surface area contributed by atoms with Gasteiger partial charge in [-0.3, -0.25) is 4.79 Å². The van der Waals surface area contributed by atoms with E-state index in [1.807, 2.05) is 6.92 Å². The quantitative estimate of drug-likeness (QED) is 0.824. The maximum atomic E-state index is 12.3. The first kappa shape index (κ1) is 18.2. The number of nitrogens with one attached hydrogen (secondary N) is 1. The van der Waals surface area contributed by atoms with Gasteiger partial charge in [0.15, 0.2) is 0 Å². The molecule has 26 heavy (non-hydrogen) atoms. The van der Waals surface area contributed by atoms with E-state index >= 15 is 0 Å². The Bertz CT molecular complexity index is 813. The minimum absolute atomic E-state index is 0.0514. The zero-order valence-corrected chi connectivity index (χ0v) is 15.1. The number of carboxylic acid groups (broad SMARTS) is 1. The molecule has 1 atom stereocenters. The Morgan fingerprint density at radius 1 is 1.08 bits per heavy atom. The summed E-state index contributed by atoms with van der Waals surface area (Å²) < 4.78 is 0. The SMILES string of the molecule is CC(NC(=O)CCc1ccccc1C(=O)O)c1ccc2c(c1)CCCC2. The topological polar surface area (TPSA) is 66.4 Å². The highest BCUT2D eigenvalue weighted by molar-refractivity contribution is 5.89. The molecule has 1 amide bonds. The van der Waals surface area contributed by atoms with Crippen molar-refractivity contribution in [3.8, 4) is 0 Å². The van der Waals surface area contributed by atoms with Crippen LogP contribution in [-0.4, -0.2) is 17.0 Å². The summed E-state index contributed by atoms with van der Waals surface area (Å²) in [6, 6.07) is 13.3. The normalized spacial score (nSPS) is 14.3. The fraction of sp³-hybridized carbons (Fsp3) is 0.364. The Kier molecular flexibility index (Phi) is 5.71. The first-order chi connectivity index (χ1) is 12.5. The second-order valence-electron chi connectivity index (χ2n) is 6.99. The number of carbonyl (C=O) groups excluding carboxylic acids is 1. The predicted molar refractivity (Wildman–Crippen MR) is 101 cm³/mol. The van der Waals surface area contributed by atoms with Crippen LogP contribution in [0.3, 0.4) is 0 Å². The zero-order valence-electron chi connectivity index (χ0n) is 15.1. The van der Waals surface area contributed by atoms with Crippen LogP contribution in [0, 0.1) is 0 Å². The molecule has 1 unspecified atom stereocenters. The van der Waals surface area contributed by atoms with Crippen molar-refractivity contribution in [1.82, 2.24) is 5.32 Å². The van der Waals surface area contributed by atoms with E-state index in [-0.39, 0.29) is 23.9 Å². The van der Waals surface area contributed by atoms with Crippen molar-refractivity contribution in [2.24, 2.45) is 0 Å². The van der Waals surface area contributed by atoms with Gasteiger partial charge in [0.05, 0.1) is 11.6 Å². The number of hydrogen-bond donors (Lipinski definition) is 2. The molecular formula is C22H25NO3. The van der Waals surface area contributed by atoms with Gasteiger partial charge in [0.1, 0.15) is 0 Å². The summed E-state index contributed by atoms with van der Waals surface area (Å²) in [5.74, 6) is -1.01. The molecule has 0 spiro atoms. The third kappa shape index (κ3) is 4.31. The molecule has 2 aromatic carbocycles. The predicted octanol–water partition coefficient (Wildman–Crippen LogP) is 4.07. The van der Waals surface area contributed by atoms with E-state index in [9.17, 15) is 14.7 Å². The number of carbonyl (C=O) groups is 2. The zero-order chi connectivity index (χ0) is 18.5. The number of hydrogen-bond acceptors (Lipinski definition) is 2. The number of aryl methyl sites for hydroxylation is 3. The van der Waals surface area contributed by atoms with Gasteiger partial charge in [0, 0.05) is 6.42 Å². The van der Waals surface area contributed by atoms with Crippen molar-refractivity contribution in [2.45, 2.75) is 51.5 Å². The van der Waals surface area contributed by atoms with Gasteiger partial charge in [0.25, 0.3) is 0 Å². The van der Waals surface area contributed by atoms with Gasteiger partial charge in [-0.15, -0.1) is 0 Å². The van der Waals surface area contributed by atoms with E-state index < -0.39 is 5.97 Å². The monoisotopic (exact) mass is 351 g/mol. The van der Waals surface area contributed by atoms with Gasteiger partial charge >= 0.3 is 5.97 Å². The first-order valence-electron chi connectivity index (χ1n) is 9.27. The minimum atomic E-state index is -0.955. The molecular weight excluding hydrogens is 326 g/mol. The van der Waals surface area contributed by atoms with Crippen molar-refractivity contribution in [3.05, 3.63) is 70.3 Å². The molecule has 2 aromatic rings. The van der Waals surface area contributed by atoms with Crippen LogP contribution in [0.4, 0.5) is 0 Å². The second kappa shape index (κ2) is 8.17. The highest BCUT2D eigenvalue weighted by Crippen LogP contribution is 2.24. The summed E-state index contributed by atoms with van der Waals surface area (Å²) in [5, 5.41) is 12.3. The van der Waals surface area contributed by atoms with E-state index in [0.717, 1.165) is 18.4 Å². The van der Waals surface area contributed by atoms with Crippen LogP contribution < -0.4 is 5.32 Å². The van der Waals surface area contributed by atoms with E-state index in [1.54, 1.807) is 24.3 Å². The van der Waals surface area contributed by atoms with Crippen LogP contribution >= 0.6 is 0 Å². The minimum Gasteiger partial charge on any atom is -0.478 e. The van der Waals surface area contributed by atoms with E-state index in [1.165, 1.54) is 24.0 Å². The maximum absolute atomic E-state index is 12.3. The van der Waals surface area contributed by atoms with E-state index in [4.69, 9.17) is 0 Å². The molecule has 0 saturated heterocycles. The largest absolute Gasteiger partial charge is 0.478 e. The molecule has 0 aromatic heterocycles. The molecule has 4 nitrogen and oxygen atoms in total. The number of benzene rings is 2. The van der Waals surface area contributed by atoms with Gasteiger partial charge < -0.3 is 10.4 Å². The molecule has 136 valence electrons. The molecule has 4 heteroatoms. The van der Waals surface area contributed by atoms with Gasteiger partial charge in [-0.05, 0) is 67.3 Å². The molecule has 0 bridgehead atoms. The molecule has 1 aliphatic rings. The van der Waals surface area contributed by atoms with Crippen molar-refractivity contribution in [3.63, 3.8) is 0 Å². The third-order valence-electron chi connectivity index (χ3n) is 5.12. The molecule has 0 aliphatic heterocycles. The summed E-state index contributed by atoms with van der Waals surface area (Å²) in [7, 11) is 0. The lowest BCUT2D eigenvalue weighted by Gasteiger charge is -2.20. The second-order valence-corrected chi connectivity index (χ2v) is 6.99. The average molecular weight is 351 g/mol. The van der Waals surface area contributed by atoms with Gasteiger partial charge in [-0.25, -0.2) is 4.79 Å². The van der Waals surface area contributed by atoms with Crippen LogP contribution in [0.5, 0.6) is 0 Å². The van der Waals surface area contributed by atoms with Gasteiger partial charge in [-0.2, -0.15) is 0 Å². The van der Waals surface area contributed by atoms with Crippen molar-refractivity contribution >= 4 is 11.9 Å². The molecule has 0 fully saturated rings. The smallest absolute Gasteiger partial charge is 0.335 e.